The van der Waals surface area contributed by atoms with Gasteiger partial charge in [0.1, 0.15) is 6.04 Å². The van der Waals surface area contributed by atoms with E-state index in [9.17, 15) is 24.5 Å². The predicted octanol–water partition coefficient (Wildman–Crippen LogP) is 1.75. The van der Waals surface area contributed by atoms with Crippen LogP contribution in [0.1, 0.15) is 41.0 Å². The number of rotatable bonds is 14. The van der Waals surface area contributed by atoms with Crippen LogP contribution in [-0.4, -0.2) is 46.3 Å². The summed E-state index contributed by atoms with van der Waals surface area (Å²) in [6, 6.07) is 24.0. The zero-order valence-electron chi connectivity index (χ0n) is 22.9. The molecule has 42 heavy (non-hydrogen) atoms. The van der Waals surface area contributed by atoms with E-state index in [1.807, 2.05) is 60.7 Å². The fourth-order valence-electron chi connectivity index (χ4n) is 4.49. The number of primary amides is 2. The summed E-state index contributed by atoms with van der Waals surface area (Å²) < 4.78 is 0. The molecule has 8 N–H and O–H groups in total. The largest absolute Gasteiger partial charge is 0.368 e. The number of nitro groups is 1. The van der Waals surface area contributed by atoms with Gasteiger partial charge >= 0.3 is 6.03 Å². The molecule has 3 rings (SSSR count). The summed E-state index contributed by atoms with van der Waals surface area (Å²) in [7, 11) is 0. The summed E-state index contributed by atoms with van der Waals surface area (Å²) in [5.41, 5.74) is 21.3. The average Bonchev–Trinajstić information content (AvgIpc) is 2.96. The quantitative estimate of drug-likeness (QED) is 0.0632. The first-order valence-electron chi connectivity index (χ1n) is 13.2. The molecule has 0 unspecified atom stereocenters. The highest BCUT2D eigenvalue weighted by atomic mass is 16.7. The Bertz CT molecular complexity index is 1340. The van der Waals surface area contributed by atoms with Crippen molar-refractivity contribution < 1.29 is 19.4 Å². The van der Waals surface area contributed by atoms with Crippen molar-refractivity contribution in [3.63, 3.8) is 0 Å². The lowest BCUT2D eigenvalue weighted by atomic mass is 9.89. The van der Waals surface area contributed by atoms with Gasteiger partial charge in [0.25, 0.3) is 5.96 Å². The SMILES string of the molecule is NC(=O)NCc1ccc(CN(C(=O)C(c2ccccc2)c2ccccc2)[C@H](CCCN=C(N)N[N+](=O)[O-])C(N)=O)cc1. The maximum Gasteiger partial charge on any atom is 0.312 e. The van der Waals surface area contributed by atoms with Gasteiger partial charge in [0.15, 0.2) is 5.03 Å². The van der Waals surface area contributed by atoms with Gasteiger partial charge in [-0.25, -0.2) is 19.9 Å². The Morgan fingerprint density at radius 1 is 0.857 bits per heavy atom. The summed E-state index contributed by atoms with van der Waals surface area (Å²) in [4.78, 5) is 54.2. The van der Waals surface area contributed by atoms with Gasteiger partial charge in [0.05, 0.1) is 5.92 Å². The molecule has 0 aromatic heterocycles. The Morgan fingerprint density at radius 3 is 1.90 bits per heavy atom. The lowest BCUT2D eigenvalue weighted by Gasteiger charge is -2.33. The molecule has 0 bridgehead atoms. The Labute approximate surface area is 242 Å². The van der Waals surface area contributed by atoms with Crippen molar-refractivity contribution in [3.05, 3.63) is 117 Å². The first-order valence-corrected chi connectivity index (χ1v) is 13.2. The zero-order chi connectivity index (χ0) is 30.5. The Morgan fingerprint density at radius 2 is 1.40 bits per heavy atom. The minimum atomic E-state index is -1.01. The van der Waals surface area contributed by atoms with Gasteiger partial charge in [-0.05, 0) is 35.1 Å². The molecule has 1 atom stereocenters. The van der Waals surface area contributed by atoms with Crippen LogP contribution in [-0.2, 0) is 22.7 Å². The topological polar surface area (TPSA) is 212 Å². The maximum atomic E-state index is 14.4. The van der Waals surface area contributed by atoms with E-state index in [-0.39, 0.29) is 44.3 Å². The number of aliphatic imine (C=N–C) groups is 1. The van der Waals surface area contributed by atoms with Gasteiger partial charge in [-0.15, -0.1) is 0 Å². The lowest BCUT2D eigenvalue weighted by Crippen LogP contribution is -2.49. The second-order valence-corrected chi connectivity index (χ2v) is 9.45. The number of carbonyl (C=O) groups excluding carboxylic acids is 3. The van der Waals surface area contributed by atoms with E-state index in [0.29, 0.717) is 0 Å². The van der Waals surface area contributed by atoms with Crippen molar-refractivity contribution in [1.29, 1.82) is 0 Å². The van der Waals surface area contributed by atoms with Crippen molar-refractivity contribution in [3.8, 4) is 0 Å². The van der Waals surface area contributed by atoms with Crippen LogP contribution in [0, 0.1) is 10.1 Å². The van der Waals surface area contributed by atoms with E-state index in [2.05, 4.69) is 10.3 Å². The van der Waals surface area contributed by atoms with Crippen LogP contribution in [0.2, 0.25) is 0 Å². The number of carbonyl (C=O) groups is 3. The molecule has 13 nitrogen and oxygen atoms in total. The fourth-order valence-corrected chi connectivity index (χ4v) is 4.49. The lowest BCUT2D eigenvalue weighted by molar-refractivity contribution is -0.525. The molecule has 0 saturated carbocycles. The van der Waals surface area contributed by atoms with Gasteiger partial charge in [-0.3, -0.25) is 9.59 Å². The summed E-state index contributed by atoms with van der Waals surface area (Å²) in [6.07, 6.45) is 0.420. The fraction of sp³-hybridized carbons (Fsp3) is 0.241. The molecule has 0 spiro atoms. The Kier molecular flexibility index (Phi) is 11.4. The number of nitrogens with two attached hydrogens (primary N) is 3. The van der Waals surface area contributed by atoms with Gasteiger partial charge in [-0.2, -0.15) is 0 Å². The summed E-state index contributed by atoms with van der Waals surface area (Å²) >= 11 is 0. The molecule has 220 valence electrons. The first kappa shape index (κ1) is 31.1. The highest BCUT2D eigenvalue weighted by Gasteiger charge is 2.34. The monoisotopic (exact) mass is 574 g/mol. The number of hydrazine groups is 1. The number of nitrogens with zero attached hydrogens (tertiary/aromatic N) is 3. The molecule has 0 radical (unpaired) electrons. The number of hydrogen-bond donors (Lipinski definition) is 5. The van der Waals surface area contributed by atoms with Crippen molar-refractivity contribution in [1.82, 2.24) is 15.6 Å². The molecule has 3 aromatic rings. The molecule has 0 aliphatic carbocycles. The molecule has 4 amide bonds. The normalized spacial score (nSPS) is 11.9. The van der Waals surface area contributed by atoms with Crippen molar-refractivity contribution >= 4 is 23.8 Å². The number of hydrogen-bond acceptors (Lipinski definition) is 6. The zero-order valence-corrected chi connectivity index (χ0v) is 22.9. The minimum absolute atomic E-state index is 0.0699. The summed E-state index contributed by atoms with van der Waals surface area (Å²) in [5.74, 6) is -2.12. The summed E-state index contributed by atoms with van der Waals surface area (Å²) in [5, 5.41) is 12.3. The van der Waals surface area contributed by atoms with Gasteiger partial charge in [-0.1, -0.05) is 90.4 Å². The molecule has 13 heteroatoms. The van der Waals surface area contributed by atoms with Gasteiger partial charge in [0, 0.05) is 19.6 Å². The molecular formula is C29H34N8O5. The second kappa shape index (κ2) is 15.4. The number of amides is 4. The predicted molar refractivity (Wildman–Crippen MR) is 157 cm³/mol. The van der Waals surface area contributed by atoms with Gasteiger partial charge < -0.3 is 27.4 Å². The first-order chi connectivity index (χ1) is 20.2. The van der Waals surface area contributed by atoms with E-state index >= 15 is 0 Å². The number of benzene rings is 3. The van der Waals surface area contributed by atoms with E-state index in [0.717, 1.165) is 22.3 Å². The van der Waals surface area contributed by atoms with Crippen LogP contribution in [0.5, 0.6) is 0 Å². The molecule has 0 saturated heterocycles. The summed E-state index contributed by atoms with van der Waals surface area (Å²) in [6.45, 7) is 0.377. The van der Waals surface area contributed by atoms with E-state index in [1.165, 1.54) is 4.90 Å². The van der Waals surface area contributed by atoms with Crippen molar-refractivity contribution in [2.24, 2.45) is 22.2 Å². The minimum Gasteiger partial charge on any atom is -0.368 e. The van der Waals surface area contributed by atoms with Crippen molar-refractivity contribution in [2.75, 3.05) is 6.54 Å². The third kappa shape index (κ3) is 9.33. The van der Waals surface area contributed by atoms with E-state index < -0.39 is 28.9 Å². The number of urea groups is 1. The van der Waals surface area contributed by atoms with E-state index in [1.54, 1.807) is 29.7 Å². The van der Waals surface area contributed by atoms with Crippen LogP contribution in [0.3, 0.4) is 0 Å². The molecule has 3 aromatic carbocycles. The molecule has 0 heterocycles. The average molecular weight is 575 g/mol. The van der Waals surface area contributed by atoms with Crippen molar-refractivity contribution in [2.45, 2.75) is 37.9 Å². The van der Waals surface area contributed by atoms with Gasteiger partial charge in [0.2, 0.25) is 11.8 Å². The Balaban J connectivity index is 1.95. The van der Waals surface area contributed by atoms with Crippen LogP contribution >= 0.6 is 0 Å². The Hall–Kier alpha value is -5.46. The molecule has 0 aliphatic rings. The van der Waals surface area contributed by atoms with Crippen LogP contribution in [0.4, 0.5) is 4.79 Å². The van der Waals surface area contributed by atoms with Crippen LogP contribution < -0.4 is 27.9 Å². The highest BCUT2D eigenvalue weighted by molar-refractivity contribution is 5.92. The second-order valence-electron chi connectivity index (χ2n) is 9.45. The van der Waals surface area contributed by atoms with Crippen LogP contribution in [0.25, 0.3) is 0 Å². The molecule has 0 aliphatic heterocycles. The third-order valence-electron chi connectivity index (χ3n) is 6.47. The smallest absolute Gasteiger partial charge is 0.312 e. The maximum absolute atomic E-state index is 14.4. The molecular weight excluding hydrogens is 540 g/mol. The number of guanidine groups is 1. The highest BCUT2D eigenvalue weighted by Crippen LogP contribution is 2.29. The van der Waals surface area contributed by atoms with E-state index in [4.69, 9.17) is 17.2 Å². The number of nitrogens with one attached hydrogen (secondary N) is 2. The standard InChI is InChI=1S/C29H34N8O5/c30-26(38)24(12-7-17-33-28(31)35-37(41)42)36(19-21-15-13-20(14-16-21)18-34-29(32)40)27(39)25(22-8-3-1-4-9-22)23-10-5-2-6-11-23/h1-6,8-11,13-16,24-25H,7,12,17-19H2,(H2,30,38)(H3,31,33,35)(H3,32,34,40)/t24-/m1/s1. The molecule has 0 fully saturated rings. The third-order valence-corrected chi connectivity index (χ3v) is 6.47. The van der Waals surface area contributed by atoms with Crippen LogP contribution in [0.15, 0.2) is 89.9 Å².